The molecular formula is C13H20NO5P. The molecule has 112 valence electrons. The number of benzene rings is 1. The third kappa shape index (κ3) is 6.28. The van der Waals surface area contributed by atoms with E-state index in [4.69, 9.17) is 4.89 Å². The number of hydrogen-bond donors (Lipinski definition) is 1. The SMILES string of the molecule is CC(CCCCCO[PH](=O)O)c1ccc([N+](=O)[O-])cc1. The summed E-state index contributed by atoms with van der Waals surface area (Å²) < 4.78 is 14.9. The average molecular weight is 301 g/mol. The normalized spacial score (nSPS) is 13.9. The third-order valence-corrected chi connectivity index (χ3v) is 3.63. The first-order valence-corrected chi connectivity index (χ1v) is 7.87. The zero-order chi connectivity index (χ0) is 15.0. The Labute approximate surface area is 118 Å². The van der Waals surface area contributed by atoms with E-state index in [-0.39, 0.29) is 5.69 Å². The predicted octanol–water partition coefficient (Wildman–Crippen LogP) is 3.66. The lowest BCUT2D eigenvalue weighted by Crippen LogP contribution is -1.95. The van der Waals surface area contributed by atoms with Gasteiger partial charge >= 0.3 is 8.25 Å². The largest absolute Gasteiger partial charge is 0.326 e. The monoisotopic (exact) mass is 301 g/mol. The van der Waals surface area contributed by atoms with E-state index in [0.717, 1.165) is 31.2 Å². The summed E-state index contributed by atoms with van der Waals surface area (Å²) >= 11 is 0. The molecule has 0 saturated carbocycles. The van der Waals surface area contributed by atoms with Crippen molar-refractivity contribution < 1.29 is 18.9 Å². The lowest BCUT2D eigenvalue weighted by Gasteiger charge is -2.11. The maximum absolute atomic E-state index is 10.6. The van der Waals surface area contributed by atoms with E-state index in [1.54, 1.807) is 12.1 Å². The number of hydrogen-bond acceptors (Lipinski definition) is 4. The van der Waals surface area contributed by atoms with Crippen molar-refractivity contribution >= 4 is 13.9 Å². The Morgan fingerprint density at radius 1 is 1.30 bits per heavy atom. The van der Waals surface area contributed by atoms with Crippen LogP contribution in [0.5, 0.6) is 0 Å². The van der Waals surface area contributed by atoms with E-state index in [1.165, 1.54) is 12.1 Å². The van der Waals surface area contributed by atoms with Gasteiger partial charge in [0.15, 0.2) is 0 Å². The van der Waals surface area contributed by atoms with Crippen molar-refractivity contribution in [3.63, 3.8) is 0 Å². The molecule has 0 aliphatic carbocycles. The van der Waals surface area contributed by atoms with Gasteiger partial charge in [-0.15, -0.1) is 0 Å². The smallest absolute Gasteiger partial charge is 0.316 e. The molecule has 0 spiro atoms. The van der Waals surface area contributed by atoms with Crippen LogP contribution in [0.15, 0.2) is 24.3 Å². The van der Waals surface area contributed by atoms with Crippen molar-refractivity contribution in [2.24, 2.45) is 0 Å². The molecule has 2 unspecified atom stereocenters. The Balaban J connectivity index is 2.26. The molecule has 7 heteroatoms. The van der Waals surface area contributed by atoms with Crippen LogP contribution in [0.25, 0.3) is 0 Å². The molecule has 0 bridgehead atoms. The van der Waals surface area contributed by atoms with Crippen molar-refractivity contribution in [1.82, 2.24) is 0 Å². The molecule has 0 amide bonds. The molecule has 0 heterocycles. The minimum atomic E-state index is -2.80. The van der Waals surface area contributed by atoms with Gasteiger partial charge in [-0.3, -0.25) is 14.7 Å². The van der Waals surface area contributed by atoms with E-state index in [1.807, 2.05) is 0 Å². The molecule has 6 nitrogen and oxygen atoms in total. The van der Waals surface area contributed by atoms with E-state index in [9.17, 15) is 14.7 Å². The lowest BCUT2D eigenvalue weighted by atomic mass is 9.95. The molecule has 0 fully saturated rings. The highest BCUT2D eigenvalue weighted by Gasteiger charge is 2.08. The van der Waals surface area contributed by atoms with Crippen LogP contribution in [0.1, 0.15) is 44.1 Å². The van der Waals surface area contributed by atoms with Crippen LogP contribution in [0.4, 0.5) is 5.69 Å². The first kappa shape index (κ1) is 16.8. The first-order valence-electron chi connectivity index (χ1n) is 6.60. The van der Waals surface area contributed by atoms with Crippen molar-refractivity contribution in [3.05, 3.63) is 39.9 Å². The molecule has 20 heavy (non-hydrogen) atoms. The topological polar surface area (TPSA) is 89.7 Å². The van der Waals surface area contributed by atoms with Crippen LogP contribution in [0.2, 0.25) is 0 Å². The van der Waals surface area contributed by atoms with Gasteiger partial charge in [-0.25, -0.2) is 0 Å². The Morgan fingerprint density at radius 3 is 2.50 bits per heavy atom. The van der Waals surface area contributed by atoms with Gasteiger partial charge in [-0.1, -0.05) is 31.9 Å². The second-order valence-corrected chi connectivity index (χ2v) is 5.53. The highest BCUT2D eigenvalue weighted by Crippen LogP contribution is 2.24. The van der Waals surface area contributed by atoms with Crippen molar-refractivity contribution in [3.8, 4) is 0 Å². The minimum absolute atomic E-state index is 0.109. The lowest BCUT2D eigenvalue weighted by molar-refractivity contribution is -0.384. The summed E-state index contributed by atoms with van der Waals surface area (Å²) in [7, 11) is -2.80. The van der Waals surface area contributed by atoms with Crippen LogP contribution in [-0.4, -0.2) is 16.4 Å². The summed E-state index contributed by atoms with van der Waals surface area (Å²) in [6, 6.07) is 6.64. The van der Waals surface area contributed by atoms with Crippen LogP contribution in [0.3, 0.4) is 0 Å². The molecule has 0 aliphatic rings. The number of rotatable bonds is 9. The van der Waals surface area contributed by atoms with Gasteiger partial charge in [0.2, 0.25) is 0 Å². The molecule has 1 aromatic carbocycles. The van der Waals surface area contributed by atoms with Gasteiger partial charge in [-0.05, 0) is 24.3 Å². The molecule has 0 radical (unpaired) electrons. The van der Waals surface area contributed by atoms with Crippen LogP contribution in [0, 0.1) is 10.1 Å². The number of nitrogens with zero attached hydrogens (tertiary/aromatic N) is 1. The Morgan fingerprint density at radius 2 is 1.95 bits per heavy atom. The molecule has 1 rings (SSSR count). The van der Waals surface area contributed by atoms with Crippen LogP contribution < -0.4 is 0 Å². The van der Waals surface area contributed by atoms with E-state index in [2.05, 4.69) is 11.4 Å². The van der Waals surface area contributed by atoms with Crippen LogP contribution >= 0.6 is 8.25 Å². The zero-order valence-electron chi connectivity index (χ0n) is 11.4. The Kier molecular flexibility index (Phi) is 7.44. The summed E-state index contributed by atoms with van der Waals surface area (Å²) in [4.78, 5) is 18.6. The molecular weight excluding hydrogens is 281 g/mol. The zero-order valence-corrected chi connectivity index (χ0v) is 12.4. The van der Waals surface area contributed by atoms with Gasteiger partial charge in [0.1, 0.15) is 0 Å². The number of unbranched alkanes of at least 4 members (excludes halogenated alkanes) is 2. The summed E-state index contributed by atoms with van der Waals surface area (Å²) in [6.07, 6.45) is 3.68. The summed E-state index contributed by atoms with van der Waals surface area (Å²) in [6.45, 7) is 2.41. The number of non-ortho nitro benzene ring substituents is 1. The molecule has 1 N–H and O–H groups in total. The van der Waals surface area contributed by atoms with Gasteiger partial charge in [-0.2, -0.15) is 0 Å². The highest BCUT2D eigenvalue weighted by molar-refractivity contribution is 7.32. The second kappa shape index (κ2) is 8.84. The molecule has 0 aromatic heterocycles. The summed E-state index contributed by atoms with van der Waals surface area (Å²) in [5, 5.41) is 10.6. The Bertz CT molecular complexity index is 449. The maximum atomic E-state index is 10.6. The fraction of sp³-hybridized carbons (Fsp3) is 0.538. The average Bonchev–Trinajstić information content (AvgIpc) is 2.42. The van der Waals surface area contributed by atoms with Crippen LogP contribution in [-0.2, 0) is 9.09 Å². The summed E-state index contributed by atoms with van der Waals surface area (Å²) in [5.74, 6) is 0.341. The van der Waals surface area contributed by atoms with E-state index < -0.39 is 13.2 Å². The van der Waals surface area contributed by atoms with Crippen molar-refractivity contribution in [1.29, 1.82) is 0 Å². The quantitative estimate of drug-likeness (QED) is 0.325. The summed E-state index contributed by atoms with van der Waals surface area (Å²) in [5.41, 5.74) is 1.20. The van der Waals surface area contributed by atoms with E-state index >= 15 is 0 Å². The van der Waals surface area contributed by atoms with Crippen molar-refractivity contribution in [2.75, 3.05) is 6.61 Å². The standard InChI is InChI=1S/C13H20NO5P/c1-11(5-3-2-4-10-19-20(17)18)12-6-8-13(9-7-12)14(15)16/h6-9,11,20H,2-5,10H2,1H3,(H,17,18). The molecule has 2 atom stereocenters. The minimum Gasteiger partial charge on any atom is -0.326 e. The molecule has 1 aromatic rings. The fourth-order valence-electron chi connectivity index (χ4n) is 1.98. The van der Waals surface area contributed by atoms with Crippen molar-refractivity contribution in [2.45, 2.75) is 38.5 Å². The maximum Gasteiger partial charge on any atom is 0.316 e. The van der Waals surface area contributed by atoms with Gasteiger partial charge in [0.25, 0.3) is 5.69 Å². The van der Waals surface area contributed by atoms with Gasteiger partial charge < -0.3 is 9.42 Å². The molecule has 0 aliphatic heterocycles. The second-order valence-electron chi connectivity index (χ2n) is 4.71. The number of nitro benzene ring substituents is 1. The third-order valence-electron chi connectivity index (χ3n) is 3.18. The molecule has 0 saturated heterocycles. The number of nitro groups is 1. The first-order chi connectivity index (χ1) is 9.50. The fourth-order valence-corrected chi connectivity index (χ4v) is 2.30. The van der Waals surface area contributed by atoms with Gasteiger partial charge in [0, 0.05) is 12.1 Å². The highest BCUT2D eigenvalue weighted by atomic mass is 31.1. The Hall–Kier alpha value is -1.23. The van der Waals surface area contributed by atoms with Gasteiger partial charge in [0.05, 0.1) is 11.5 Å². The van der Waals surface area contributed by atoms with E-state index in [0.29, 0.717) is 12.5 Å². The predicted molar refractivity (Wildman–Crippen MR) is 77.2 cm³/mol.